The number of carbonyl (C=O) groups is 3. The molecule has 136 valence electrons. The zero-order valence-corrected chi connectivity index (χ0v) is 14.8. The summed E-state index contributed by atoms with van der Waals surface area (Å²) in [5, 5.41) is 0. The minimum atomic E-state index is -0.176. The third-order valence-corrected chi connectivity index (χ3v) is 4.36. The Balaban J connectivity index is 1.81. The van der Waals surface area contributed by atoms with E-state index in [-0.39, 0.29) is 43.5 Å². The van der Waals surface area contributed by atoms with E-state index in [1.54, 1.807) is 12.0 Å². The molecule has 1 fully saturated rings. The van der Waals surface area contributed by atoms with Gasteiger partial charge < -0.3 is 9.64 Å². The molecule has 1 aliphatic heterocycles. The van der Waals surface area contributed by atoms with E-state index in [1.165, 1.54) is 10.5 Å². The van der Waals surface area contributed by atoms with Gasteiger partial charge in [0, 0.05) is 46.0 Å². The summed E-state index contributed by atoms with van der Waals surface area (Å²) >= 11 is 0. The van der Waals surface area contributed by atoms with E-state index >= 15 is 0 Å². The van der Waals surface area contributed by atoms with Crippen LogP contribution in [0.4, 0.5) is 0 Å². The number of likely N-dealkylation sites (tertiary alicyclic amines) is 1. The SMILES string of the molecule is COCCN(CCCc1ccccc1)C(=O)CCN1C(=O)CCC1=O. The van der Waals surface area contributed by atoms with Crippen LogP contribution in [0.15, 0.2) is 30.3 Å². The van der Waals surface area contributed by atoms with Gasteiger partial charge in [-0.2, -0.15) is 0 Å². The highest BCUT2D eigenvalue weighted by Gasteiger charge is 2.29. The number of aryl methyl sites for hydroxylation is 1. The first-order valence-electron chi connectivity index (χ1n) is 8.75. The molecule has 0 saturated carbocycles. The lowest BCUT2D eigenvalue weighted by Gasteiger charge is -2.23. The minimum Gasteiger partial charge on any atom is -0.383 e. The van der Waals surface area contributed by atoms with Crippen molar-refractivity contribution >= 4 is 17.7 Å². The van der Waals surface area contributed by atoms with Crippen molar-refractivity contribution in [3.8, 4) is 0 Å². The quantitative estimate of drug-likeness (QED) is 0.604. The molecule has 2 rings (SSSR count). The van der Waals surface area contributed by atoms with Crippen molar-refractivity contribution in [3.63, 3.8) is 0 Å². The van der Waals surface area contributed by atoms with Gasteiger partial charge in [-0.25, -0.2) is 0 Å². The summed E-state index contributed by atoms with van der Waals surface area (Å²) in [6.07, 6.45) is 2.46. The van der Waals surface area contributed by atoms with E-state index in [4.69, 9.17) is 4.74 Å². The molecular weight excluding hydrogens is 320 g/mol. The number of methoxy groups -OCH3 is 1. The second-order valence-corrected chi connectivity index (χ2v) is 6.15. The highest BCUT2D eigenvalue weighted by atomic mass is 16.5. The Bertz CT molecular complexity index is 572. The molecule has 0 N–H and O–H groups in total. The molecule has 0 unspecified atom stereocenters. The summed E-state index contributed by atoms with van der Waals surface area (Å²) in [7, 11) is 1.61. The first kappa shape index (κ1) is 19.1. The molecule has 1 aromatic carbocycles. The van der Waals surface area contributed by atoms with E-state index in [0.29, 0.717) is 19.7 Å². The fourth-order valence-corrected chi connectivity index (χ4v) is 2.92. The van der Waals surface area contributed by atoms with E-state index in [2.05, 4.69) is 12.1 Å². The molecular formula is C19H26N2O4. The molecule has 1 aromatic rings. The van der Waals surface area contributed by atoms with Gasteiger partial charge in [0.15, 0.2) is 0 Å². The maximum atomic E-state index is 12.5. The van der Waals surface area contributed by atoms with Gasteiger partial charge in [-0.3, -0.25) is 19.3 Å². The van der Waals surface area contributed by atoms with Crippen LogP contribution < -0.4 is 0 Å². The molecule has 6 nitrogen and oxygen atoms in total. The molecule has 25 heavy (non-hydrogen) atoms. The maximum Gasteiger partial charge on any atom is 0.229 e. The van der Waals surface area contributed by atoms with Gasteiger partial charge in [0.1, 0.15) is 0 Å². The summed E-state index contributed by atoms with van der Waals surface area (Å²) in [4.78, 5) is 38.7. The predicted molar refractivity (Wildman–Crippen MR) is 93.8 cm³/mol. The number of hydrogen-bond donors (Lipinski definition) is 0. The average molecular weight is 346 g/mol. The van der Waals surface area contributed by atoms with Crippen molar-refractivity contribution in [1.29, 1.82) is 0 Å². The van der Waals surface area contributed by atoms with Gasteiger partial charge in [-0.05, 0) is 18.4 Å². The van der Waals surface area contributed by atoms with Crippen molar-refractivity contribution in [1.82, 2.24) is 9.80 Å². The third-order valence-electron chi connectivity index (χ3n) is 4.36. The zero-order valence-electron chi connectivity index (χ0n) is 14.8. The Morgan fingerprint density at radius 2 is 1.80 bits per heavy atom. The number of benzene rings is 1. The number of rotatable bonds is 10. The van der Waals surface area contributed by atoms with Crippen LogP contribution in [0.5, 0.6) is 0 Å². The normalized spacial score (nSPS) is 14.2. The lowest BCUT2D eigenvalue weighted by Crippen LogP contribution is -2.38. The van der Waals surface area contributed by atoms with Crippen LogP contribution in [0.3, 0.4) is 0 Å². The number of imide groups is 1. The predicted octanol–water partition coefficient (Wildman–Crippen LogP) is 1.63. The van der Waals surface area contributed by atoms with Gasteiger partial charge in [0.05, 0.1) is 6.61 Å². The van der Waals surface area contributed by atoms with Gasteiger partial charge >= 0.3 is 0 Å². The Morgan fingerprint density at radius 1 is 1.12 bits per heavy atom. The molecule has 0 radical (unpaired) electrons. The van der Waals surface area contributed by atoms with Crippen molar-refractivity contribution in [3.05, 3.63) is 35.9 Å². The largest absolute Gasteiger partial charge is 0.383 e. The monoisotopic (exact) mass is 346 g/mol. The highest BCUT2D eigenvalue weighted by Crippen LogP contribution is 2.12. The Hall–Kier alpha value is -2.21. The van der Waals surface area contributed by atoms with Crippen LogP contribution in [0, 0.1) is 0 Å². The molecule has 1 saturated heterocycles. The Labute approximate surface area is 148 Å². The first-order valence-corrected chi connectivity index (χ1v) is 8.75. The van der Waals surface area contributed by atoms with Gasteiger partial charge in [-0.1, -0.05) is 30.3 Å². The number of amides is 3. The summed E-state index contributed by atoms with van der Waals surface area (Å²) in [6.45, 7) is 1.81. The van der Waals surface area contributed by atoms with Crippen LogP contribution in [-0.2, 0) is 25.5 Å². The molecule has 0 bridgehead atoms. The summed E-state index contributed by atoms with van der Waals surface area (Å²) in [5.41, 5.74) is 1.25. The van der Waals surface area contributed by atoms with Crippen LogP contribution in [0.25, 0.3) is 0 Å². The fourth-order valence-electron chi connectivity index (χ4n) is 2.92. The topological polar surface area (TPSA) is 66.9 Å². The van der Waals surface area contributed by atoms with Gasteiger partial charge in [0.25, 0.3) is 0 Å². The minimum absolute atomic E-state index is 0.0439. The number of hydrogen-bond acceptors (Lipinski definition) is 4. The van der Waals surface area contributed by atoms with Crippen molar-refractivity contribution < 1.29 is 19.1 Å². The second-order valence-electron chi connectivity index (χ2n) is 6.15. The molecule has 0 atom stereocenters. The number of ether oxygens (including phenoxy) is 1. The van der Waals surface area contributed by atoms with E-state index in [9.17, 15) is 14.4 Å². The van der Waals surface area contributed by atoms with Crippen molar-refractivity contribution in [2.24, 2.45) is 0 Å². The highest BCUT2D eigenvalue weighted by molar-refractivity contribution is 6.02. The summed E-state index contributed by atoms with van der Waals surface area (Å²) < 4.78 is 5.09. The Morgan fingerprint density at radius 3 is 2.44 bits per heavy atom. The number of nitrogens with zero attached hydrogens (tertiary/aromatic N) is 2. The summed E-state index contributed by atoms with van der Waals surface area (Å²) in [5.74, 6) is -0.395. The molecule has 1 aliphatic rings. The molecule has 6 heteroatoms. The lowest BCUT2D eigenvalue weighted by molar-refractivity contribution is -0.139. The molecule has 1 heterocycles. The van der Waals surface area contributed by atoms with Crippen LogP contribution in [-0.4, -0.2) is 60.9 Å². The van der Waals surface area contributed by atoms with Crippen LogP contribution >= 0.6 is 0 Å². The van der Waals surface area contributed by atoms with Gasteiger partial charge in [-0.15, -0.1) is 0 Å². The standard InChI is InChI=1S/C19H26N2O4/c1-25-15-14-20(12-5-8-16-6-3-2-4-7-16)17(22)11-13-21-18(23)9-10-19(21)24/h2-4,6-7H,5,8-15H2,1H3. The Kier molecular flexibility index (Phi) is 7.60. The fraction of sp³-hybridized carbons (Fsp3) is 0.526. The average Bonchev–Trinajstić information content (AvgIpc) is 2.94. The maximum absolute atomic E-state index is 12.5. The van der Waals surface area contributed by atoms with E-state index in [1.807, 2.05) is 18.2 Å². The molecule has 3 amide bonds. The molecule has 0 spiro atoms. The van der Waals surface area contributed by atoms with E-state index in [0.717, 1.165) is 12.8 Å². The van der Waals surface area contributed by atoms with Crippen molar-refractivity contribution in [2.45, 2.75) is 32.1 Å². The number of carbonyl (C=O) groups excluding carboxylic acids is 3. The molecule has 0 aliphatic carbocycles. The third kappa shape index (κ3) is 5.98. The second kappa shape index (κ2) is 9.93. The van der Waals surface area contributed by atoms with Crippen molar-refractivity contribution in [2.75, 3.05) is 33.4 Å². The van der Waals surface area contributed by atoms with Crippen LogP contribution in [0.2, 0.25) is 0 Å². The van der Waals surface area contributed by atoms with Gasteiger partial charge in [0.2, 0.25) is 17.7 Å². The zero-order chi connectivity index (χ0) is 18.1. The first-order chi connectivity index (χ1) is 12.1. The van der Waals surface area contributed by atoms with Crippen LogP contribution in [0.1, 0.15) is 31.2 Å². The smallest absolute Gasteiger partial charge is 0.229 e. The van der Waals surface area contributed by atoms with E-state index < -0.39 is 0 Å². The lowest BCUT2D eigenvalue weighted by atomic mass is 10.1. The summed E-state index contributed by atoms with van der Waals surface area (Å²) in [6, 6.07) is 10.1. The molecule has 0 aromatic heterocycles.